The molecule has 0 aliphatic carbocycles. The van der Waals surface area contributed by atoms with Gasteiger partial charge >= 0.3 is 5.97 Å². The zero-order chi connectivity index (χ0) is 12.3. The van der Waals surface area contributed by atoms with Gasteiger partial charge in [0.15, 0.2) is 0 Å². The van der Waals surface area contributed by atoms with E-state index in [9.17, 15) is 4.79 Å². The number of benzene rings is 1. The number of furan rings is 1. The molecule has 0 bridgehead atoms. The lowest BCUT2D eigenvalue weighted by Crippen LogP contribution is -2.04. The van der Waals surface area contributed by atoms with Crippen LogP contribution in [0.2, 0.25) is 0 Å². The Morgan fingerprint density at radius 1 is 1.41 bits per heavy atom. The molecule has 0 N–H and O–H groups in total. The summed E-state index contributed by atoms with van der Waals surface area (Å²) in [6, 6.07) is 10.4. The predicted molar refractivity (Wildman–Crippen MR) is 60.2 cm³/mol. The van der Waals surface area contributed by atoms with E-state index in [1.807, 2.05) is 6.07 Å². The Morgan fingerprint density at radius 3 is 2.82 bits per heavy atom. The minimum absolute atomic E-state index is 0.240. The lowest BCUT2D eigenvalue weighted by molar-refractivity contribution is 0.0600. The lowest BCUT2D eigenvalue weighted by atomic mass is 10.0. The van der Waals surface area contributed by atoms with E-state index in [1.54, 1.807) is 36.6 Å². The summed E-state index contributed by atoms with van der Waals surface area (Å²) >= 11 is 0. The highest BCUT2D eigenvalue weighted by Gasteiger charge is 2.13. The third-order valence-electron chi connectivity index (χ3n) is 2.35. The van der Waals surface area contributed by atoms with Gasteiger partial charge in [-0.05, 0) is 30.3 Å². The van der Waals surface area contributed by atoms with Crippen LogP contribution in [0.3, 0.4) is 0 Å². The van der Waals surface area contributed by atoms with Crippen molar-refractivity contribution in [3.05, 3.63) is 47.7 Å². The number of esters is 1. The fourth-order valence-electron chi connectivity index (χ4n) is 1.52. The maximum absolute atomic E-state index is 11.5. The van der Waals surface area contributed by atoms with Crippen LogP contribution in [-0.4, -0.2) is 13.1 Å². The summed E-state index contributed by atoms with van der Waals surface area (Å²) in [4.78, 5) is 11.5. The molecule has 17 heavy (non-hydrogen) atoms. The van der Waals surface area contributed by atoms with E-state index in [4.69, 9.17) is 9.68 Å². The maximum atomic E-state index is 11.5. The summed E-state index contributed by atoms with van der Waals surface area (Å²) in [6.07, 6.45) is 1.55. The molecule has 4 heteroatoms. The first-order valence-corrected chi connectivity index (χ1v) is 4.92. The van der Waals surface area contributed by atoms with Gasteiger partial charge in [0.25, 0.3) is 0 Å². The maximum Gasteiger partial charge on any atom is 0.339 e. The van der Waals surface area contributed by atoms with Gasteiger partial charge in [-0.1, -0.05) is 0 Å². The van der Waals surface area contributed by atoms with E-state index < -0.39 is 5.97 Å². The first kappa shape index (κ1) is 11.0. The molecule has 2 aromatic rings. The molecule has 1 aromatic carbocycles. The topological polar surface area (TPSA) is 63.2 Å². The van der Waals surface area contributed by atoms with Crippen molar-refractivity contribution >= 4 is 5.97 Å². The fourth-order valence-corrected chi connectivity index (χ4v) is 1.52. The van der Waals surface area contributed by atoms with Gasteiger partial charge in [-0.15, -0.1) is 0 Å². The van der Waals surface area contributed by atoms with Gasteiger partial charge in [-0.2, -0.15) is 5.26 Å². The lowest BCUT2D eigenvalue weighted by Gasteiger charge is -2.04. The average molecular weight is 227 g/mol. The van der Waals surface area contributed by atoms with E-state index in [0.29, 0.717) is 5.76 Å². The number of methoxy groups -OCH3 is 1. The Morgan fingerprint density at radius 2 is 2.24 bits per heavy atom. The second-order valence-corrected chi connectivity index (χ2v) is 3.34. The number of rotatable bonds is 2. The second-order valence-electron chi connectivity index (χ2n) is 3.34. The molecule has 2 rings (SSSR count). The number of nitriles is 1. The number of carbonyl (C=O) groups excluding carboxylic acids is 1. The average Bonchev–Trinajstić information content (AvgIpc) is 2.91. The molecule has 0 spiro atoms. The standard InChI is InChI=1S/C13H9NO3/c1-16-13(15)11-7-9(4-5-10(11)8-14)12-3-2-6-17-12/h2-7H,1H3. The quantitative estimate of drug-likeness (QED) is 0.740. The van der Waals surface area contributed by atoms with Crippen LogP contribution >= 0.6 is 0 Å². The van der Waals surface area contributed by atoms with Crippen molar-refractivity contribution in [2.24, 2.45) is 0 Å². The van der Waals surface area contributed by atoms with Crippen LogP contribution in [0.5, 0.6) is 0 Å². The summed E-state index contributed by atoms with van der Waals surface area (Å²) < 4.78 is 9.86. The molecule has 0 saturated heterocycles. The summed E-state index contributed by atoms with van der Waals surface area (Å²) in [5.41, 5.74) is 1.26. The largest absolute Gasteiger partial charge is 0.465 e. The monoisotopic (exact) mass is 227 g/mol. The molecular weight excluding hydrogens is 218 g/mol. The molecule has 84 valence electrons. The molecule has 0 unspecified atom stereocenters. The van der Waals surface area contributed by atoms with Crippen LogP contribution in [0.4, 0.5) is 0 Å². The normalized spacial score (nSPS) is 9.65. The molecule has 0 radical (unpaired) electrons. The minimum Gasteiger partial charge on any atom is -0.465 e. The molecule has 1 heterocycles. The molecule has 0 aliphatic rings. The van der Waals surface area contributed by atoms with Gasteiger partial charge in [0.2, 0.25) is 0 Å². The van der Waals surface area contributed by atoms with Crippen LogP contribution in [-0.2, 0) is 4.74 Å². The second kappa shape index (κ2) is 4.54. The summed E-state index contributed by atoms with van der Waals surface area (Å²) in [5.74, 6) is 0.106. The molecule has 0 amide bonds. The van der Waals surface area contributed by atoms with Crippen LogP contribution in [0, 0.1) is 11.3 Å². The fraction of sp³-hybridized carbons (Fsp3) is 0.0769. The summed E-state index contributed by atoms with van der Waals surface area (Å²) in [7, 11) is 1.28. The molecule has 0 atom stereocenters. The van der Waals surface area contributed by atoms with Crippen LogP contribution in [0.15, 0.2) is 41.0 Å². The first-order chi connectivity index (χ1) is 8.26. The Bertz CT molecular complexity index is 579. The zero-order valence-corrected chi connectivity index (χ0v) is 9.14. The van der Waals surface area contributed by atoms with Crippen molar-refractivity contribution < 1.29 is 13.9 Å². The highest BCUT2D eigenvalue weighted by molar-refractivity contribution is 5.93. The first-order valence-electron chi connectivity index (χ1n) is 4.92. The van der Waals surface area contributed by atoms with E-state index in [0.717, 1.165) is 5.56 Å². The molecule has 0 saturated carbocycles. The van der Waals surface area contributed by atoms with Crippen molar-refractivity contribution in [3.63, 3.8) is 0 Å². The van der Waals surface area contributed by atoms with Crippen LogP contribution < -0.4 is 0 Å². The Kier molecular flexibility index (Phi) is 2.93. The number of hydrogen-bond donors (Lipinski definition) is 0. The van der Waals surface area contributed by atoms with Gasteiger partial charge < -0.3 is 9.15 Å². The van der Waals surface area contributed by atoms with Crippen LogP contribution in [0.25, 0.3) is 11.3 Å². The number of hydrogen-bond acceptors (Lipinski definition) is 4. The Labute approximate surface area is 98.0 Å². The third-order valence-corrected chi connectivity index (χ3v) is 2.35. The van der Waals surface area contributed by atoms with Crippen molar-refractivity contribution in [1.82, 2.24) is 0 Å². The van der Waals surface area contributed by atoms with E-state index in [1.165, 1.54) is 7.11 Å². The number of carbonyl (C=O) groups is 1. The predicted octanol–water partition coefficient (Wildman–Crippen LogP) is 2.60. The van der Waals surface area contributed by atoms with Gasteiger partial charge in [0.05, 0.1) is 24.5 Å². The third kappa shape index (κ3) is 2.04. The molecule has 0 aliphatic heterocycles. The Hall–Kier alpha value is -2.54. The van der Waals surface area contributed by atoms with E-state index >= 15 is 0 Å². The SMILES string of the molecule is COC(=O)c1cc(-c2ccco2)ccc1C#N. The molecule has 1 aromatic heterocycles. The molecule has 0 fully saturated rings. The van der Waals surface area contributed by atoms with Gasteiger partial charge in [0.1, 0.15) is 11.8 Å². The highest BCUT2D eigenvalue weighted by Crippen LogP contribution is 2.23. The van der Waals surface area contributed by atoms with Crippen molar-refractivity contribution in [3.8, 4) is 17.4 Å². The van der Waals surface area contributed by atoms with Crippen molar-refractivity contribution in [2.75, 3.05) is 7.11 Å². The summed E-state index contributed by atoms with van der Waals surface area (Å²) in [6.45, 7) is 0. The summed E-state index contributed by atoms with van der Waals surface area (Å²) in [5, 5.41) is 8.90. The van der Waals surface area contributed by atoms with Crippen LogP contribution in [0.1, 0.15) is 15.9 Å². The van der Waals surface area contributed by atoms with Gasteiger partial charge in [-0.25, -0.2) is 4.79 Å². The van der Waals surface area contributed by atoms with E-state index in [2.05, 4.69) is 4.74 Å². The van der Waals surface area contributed by atoms with E-state index in [-0.39, 0.29) is 11.1 Å². The smallest absolute Gasteiger partial charge is 0.339 e. The van der Waals surface area contributed by atoms with Crippen molar-refractivity contribution in [2.45, 2.75) is 0 Å². The van der Waals surface area contributed by atoms with Gasteiger partial charge in [0, 0.05) is 5.56 Å². The number of ether oxygens (including phenoxy) is 1. The number of nitrogens with zero attached hydrogens (tertiary/aromatic N) is 1. The minimum atomic E-state index is -0.532. The molecule has 4 nitrogen and oxygen atoms in total. The molecular formula is C13H9NO3. The van der Waals surface area contributed by atoms with Gasteiger partial charge in [-0.3, -0.25) is 0 Å². The van der Waals surface area contributed by atoms with Crippen molar-refractivity contribution in [1.29, 1.82) is 5.26 Å². The highest BCUT2D eigenvalue weighted by atomic mass is 16.5. The Balaban J connectivity index is 2.53. The zero-order valence-electron chi connectivity index (χ0n) is 9.14.